The van der Waals surface area contributed by atoms with Gasteiger partial charge in [-0.05, 0) is 42.9 Å². The van der Waals surface area contributed by atoms with E-state index in [0.29, 0.717) is 19.5 Å². The Morgan fingerprint density at radius 3 is 2.65 bits per heavy atom. The molecule has 2 aliphatic rings. The molecule has 0 spiro atoms. The first-order valence-electron chi connectivity index (χ1n) is 10.9. The third-order valence-electron chi connectivity index (χ3n) is 6.82. The summed E-state index contributed by atoms with van der Waals surface area (Å²) in [5.74, 6) is -0.938. The number of amides is 1. The number of anilines is 1. The van der Waals surface area contributed by atoms with Crippen molar-refractivity contribution in [2.24, 2.45) is 5.41 Å². The monoisotopic (exact) mass is 426 g/mol. The van der Waals surface area contributed by atoms with Crippen LogP contribution in [0, 0.1) is 5.41 Å². The van der Waals surface area contributed by atoms with E-state index in [1.54, 1.807) is 24.3 Å². The number of aromatic nitrogens is 2. The first-order chi connectivity index (χ1) is 14.8. The molecule has 0 bridgehead atoms. The first kappa shape index (κ1) is 21.5. The second-order valence-electron chi connectivity index (χ2n) is 9.30. The Labute approximate surface area is 181 Å². The van der Waals surface area contributed by atoms with Crippen molar-refractivity contribution in [1.82, 2.24) is 14.9 Å². The highest BCUT2D eigenvalue weighted by molar-refractivity contribution is 5.87. The highest BCUT2D eigenvalue weighted by Crippen LogP contribution is 2.44. The van der Waals surface area contributed by atoms with E-state index in [1.807, 2.05) is 18.2 Å². The van der Waals surface area contributed by atoms with Crippen LogP contribution in [0.15, 0.2) is 30.6 Å². The van der Waals surface area contributed by atoms with E-state index in [2.05, 4.69) is 14.9 Å². The number of pyridine rings is 2. The highest BCUT2D eigenvalue weighted by atomic mass is 16.4. The van der Waals surface area contributed by atoms with Crippen LogP contribution in [0.4, 0.5) is 5.69 Å². The Morgan fingerprint density at radius 2 is 1.90 bits per heavy atom. The maximum absolute atomic E-state index is 12.9. The van der Waals surface area contributed by atoms with Crippen LogP contribution in [-0.4, -0.2) is 69.2 Å². The van der Waals surface area contributed by atoms with Crippen LogP contribution in [0.2, 0.25) is 0 Å². The minimum atomic E-state index is -1.02. The van der Waals surface area contributed by atoms with Gasteiger partial charge in [0, 0.05) is 39.0 Å². The molecule has 0 radical (unpaired) electrons. The molecule has 166 valence electrons. The number of carboxylic acids is 1. The number of β-amino-alcohol motifs (C(OH)–C–C–N with tert-alkyl or cyclic N) is 1. The summed E-state index contributed by atoms with van der Waals surface area (Å²) in [6, 6.07) is 5.67. The van der Waals surface area contributed by atoms with Gasteiger partial charge in [-0.1, -0.05) is 12.8 Å². The van der Waals surface area contributed by atoms with E-state index >= 15 is 0 Å². The topological polar surface area (TPSA) is 107 Å². The Morgan fingerprint density at radius 1 is 1.13 bits per heavy atom. The molecule has 4 rings (SSSR count). The zero-order chi connectivity index (χ0) is 22.1. The van der Waals surface area contributed by atoms with E-state index in [1.165, 1.54) is 0 Å². The Hall–Kier alpha value is -2.74. The Bertz CT molecular complexity index is 970. The zero-order valence-corrected chi connectivity index (χ0v) is 18.0. The molecule has 31 heavy (non-hydrogen) atoms. The van der Waals surface area contributed by atoms with Crippen LogP contribution < -0.4 is 4.90 Å². The van der Waals surface area contributed by atoms with Crippen LogP contribution in [0.3, 0.4) is 0 Å². The van der Waals surface area contributed by atoms with Gasteiger partial charge in [-0.2, -0.15) is 0 Å². The van der Waals surface area contributed by atoms with Crippen molar-refractivity contribution in [3.63, 3.8) is 0 Å². The molecule has 2 aromatic heterocycles. The lowest BCUT2D eigenvalue weighted by Gasteiger charge is -2.33. The van der Waals surface area contributed by atoms with Crippen molar-refractivity contribution >= 4 is 28.6 Å². The molecule has 0 aromatic carbocycles. The number of nitrogens with zero attached hydrogens (tertiary/aromatic N) is 4. The number of hydrogen-bond donors (Lipinski definition) is 2. The van der Waals surface area contributed by atoms with Crippen molar-refractivity contribution in [1.29, 1.82) is 0 Å². The molecule has 2 aromatic rings. The maximum Gasteiger partial charge on any atom is 0.303 e. The van der Waals surface area contributed by atoms with Crippen molar-refractivity contribution in [3.05, 3.63) is 30.6 Å². The lowest BCUT2D eigenvalue weighted by Crippen LogP contribution is -2.46. The second-order valence-corrected chi connectivity index (χ2v) is 9.30. The number of aliphatic hydroxyl groups is 1. The number of carbonyl (C=O) groups excluding carboxylic acids is 1. The molecular formula is C23H30N4O4. The lowest BCUT2D eigenvalue weighted by atomic mass is 9.79. The normalized spacial score (nSPS) is 22.7. The largest absolute Gasteiger partial charge is 0.481 e. The summed E-state index contributed by atoms with van der Waals surface area (Å²) in [4.78, 5) is 36.7. The molecule has 1 saturated carbocycles. The average Bonchev–Trinajstić information content (AvgIpc) is 3.33. The molecule has 2 N–H and O–H groups in total. The van der Waals surface area contributed by atoms with Gasteiger partial charge in [-0.25, -0.2) is 0 Å². The summed E-state index contributed by atoms with van der Waals surface area (Å²) in [7, 11) is 1.70. The van der Waals surface area contributed by atoms with E-state index < -0.39 is 17.0 Å². The highest BCUT2D eigenvalue weighted by Gasteiger charge is 2.42. The Balaban J connectivity index is 1.42. The number of fused-ring (bicyclic) bond motifs is 1. The van der Waals surface area contributed by atoms with Gasteiger partial charge >= 0.3 is 5.97 Å². The van der Waals surface area contributed by atoms with Gasteiger partial charge < -0.3 is 20.0 Å². The number of hydrogen-bond acceptors (Lipinski definition) is 6. The maximum atomic E-state index is 12.9. The van der Waals surface area contributed by atoms with Crippen molar-refractivity contribution < 1.29 is 19.8 Å². The van der Waals surface area contributed by atoms with Gasteiger partial charge in [0.25, 0.3) is 0 Å². The fraction of sp³-hybridized carbons (Fsp3) is 0.565. The third kappa shape index (κ3) is 4.63. The number of aliphatic carboxylic acids is 1. The number of carbonyl (C=O) groups is 2. The minimum Gasteiger partial charge on any atom is -0.481 e. The zero-order valence-electron chi connectivity index (χ0n) is 18.0. The van der Waals surface area contributed by atoms with Gasteiger partial charge in [-0.15, -0.1) is 0 Å². The Kier molecular flexibility index (Phi) is 5.83. The fourth-order valence-electron chi connectivity index (χ4n) is 5.26. The van der Waals surface area contributed by atoms with Crippen LogP contribution in [0.5, 0.6) is 0 Å². The molecule has 8 nitrogen and oxygen atoms in total. The van der Waals surface area contributed by atoms with E-state index in [-0.39, 0.29) is 25.3 Å². The molecule has 1 aliphatic carbocycles. The van der Waals surface area contributed by atoms with E-state index in [9.17, 15) is 19.8 Å². The average molecular weight is 427 g/mol. The summed E-state index contributed by atoms with van der Waals surface area (Å²) in [6.45, 7) is 1.29. The predicted molar refractivity (Wildman–Crippen MR) is 117 cm³/mol. The first-order valence-corrected chi connectivity index (χ1v) is 10.9. The molecule has 2 fully saturated rings. The SMILES string of the molecule is CN(CC1(O)CCN(c2ccnc3cccnc23)C1)C(=O)CC1(CC(=O)O)CCCC1. The molecule has 8 heteroatoms. The third-order valence-corrected chi connectivity index (χ3v) is 6.82. The molecule has 1 aliphatic heterocycles. The minimum absolute atomic E-state index is 0.0345. The fourth-order valence-corrected chi connectivity index (χ4v) is 5.26. The molecule has 1 atom stereocenters. The van der Waals surface area contributed by atoms with Crippen molar-refractivity contribution in [2.75, 3.05) is 31.6 Å². The predicted octanol–water partition coefficient (Wildman–Crippen LogP) is 2.45. The molecular weight excluding hydrogens is 396 g/mol. The van der Waals surface area contributed by atoms with Gasteiger partial charge in [0.05, 0.1) is 24.2 Å². The van der Waals surface area contributed by atoms with E-state index in [4.69, 9.17) is 0 Å². The van der Waals surface area contributed by atoms with Gasteiger partial charge in [0.1, 0.15) is 11.1 Å². The molecule has 1 unspecified atom stereocenters. The van der Waals surface area contributed by atoms with Crippen LogP contribution >= 0.6 is 0 Å². The number of rotatable bonds is 7. The summed E-state index contributed by atoms with van der Waals surface area (Å²) in [5.41, 5.74) is 1.08. The van der Waals surface area contributed by atoms with Gasteiger partial charge in [-0.3, -0.25) is 19.6 Å². The van der Waals surface area contributed by atoms with E-state index in [0.717, 1.165) is 42.4 Å². The lowest BCUT2D eigenvalue weighted by molar-refractivity contribution is -0.142. The van der Waals surface area contributed by atoms with Crippen molar-refractivity contribution in [3.8, 4) is 0 Å². The summed E-state index contributed by atoms with van der Waals surface area (Å²) >= 11 is 0. The quantitative estimate of drug-likeness (QED) is 0.700. The second kappa shape index (κ2) is 8.42. The van der Waals surface area contributed by atoms with Gasteiger partial charge in [0.2, 0.25) is 5.91 Å². The van der Waals surface area contributed by atoms with Crippen LogP contribution in [0.25, 0.3) is 11.0 Å². The molecule has 1 saturated heterocycles. The molecule has 3 heterocycles. The smallest absolute Gasteiger partial charge is 0.303 e. The summed E-state index contributed by atoms with van der Waals surface area (Å²) in [6.07, 6.45) is 7.78. The number of carboxylic acid groups (broad SMARTS) is 1. The summed E-state index contributed by atoms with van der Waals surface area (Å²) in [5, 5.41) is 20.5. The van der Waals surface area contributed by atoms with Crippen LogP contribution in [0.1, 0.15) is 44.9 Å². The summed E-state index contributed by atoms with van der Waals surface area (Å²) < 4.78 is 0. The number of likely N-dealkylation sites (N-methyl/N-ethyl adjacent to an activating group) is 1. The van der Waals surface area contributed by atoms with Gasteiger partial charge in [0.15, 0.2) is 0 Å². The van der Waals surface area contributed by atoms with Crippen molar-refractivity contribution in [2.45, 2.75) is 50.5 Å². The standard InChI is InChI=1S/C23H30N4O4/c1-26(19(28)13-22(14-20(29)30)7-2-3-8-22)15-23(31)9-12-27(16-23)18-6-11-24-17-5-4-10-25-21(17)18/h4-6,10-11,31H,2-3,7-9,12-16H2,1H3,(H,29,30). The molecule has 1 amide bonds. The van der Waals surface area contributed by atoms with Crippen LogP contribution in [-0.2, 0) is 9.59 Å².